The van der Waals surface area contributed by atoms with Crippen molar-refractivity contribution in [2.45, 2.75) is 12.0 Å². The highest BCUT2D eigenvalue weighted by Crippen LogP contribution is 2.48. The first-order valence-corrected chi connectivity index (χ1v) is 6.13. The summed E-state index contributed by atoms with van der Waals surface area (Å²) < 4.78 is 31.9. The number of aliphatic hydroxyl groups excluding tert-OH is 1. The van der Waals surface area contributed by atoms with Gasteiger partial charge >= 0.3 is 5.92 Å². The third-order valence-corrected chi connectivity index (χ3v) is 3.25. The Morgan fingerprint density at radius 3 is 2.36 bits per heavy atom. The SMILES string of the molecule is N#Cc1cc(C#N)cc(OC2=C=C=C3C(=C2)C(O)C3(F)F)c1. The second kappa shape index (κ2) is 4.70. The van der Waals surface area contributed by atoms with Crippen molar-refractivity contribution in [3.8, 4) is 17.9 Å². The molecule has 0 radical (unpaired) electrons. The minimum absolute atomic E-state index is 0.0238. The Kier molecular flexibility index (Phi) is 2.95. The van der Waals surface area contributed by atoms with E-state index in [9.17, 15) is 13.9 Å². The molecule has 0 aromatic heterocycles. The molecular formula is C16H6F2N2O2. The zero-order chi connectivity index (χ0) is 15.9. The van der Waals surface area contributed by atoms with E-state index in [0.29, 0.717) is 0 Å². The molecular weight excluding hydrogens is 290 g/mol. The first kappa shape index (κ1) is 13.8. The lowest BCUT2D eigenvalue weighted by molar-refractivity contribution is -0.0914. The second-order valence-electron chi connectivity index (χ2n) is 4.69. The van der Waals surface area contributed by atoms with Gasteiger partial charge in [-0.05, 0) is 30.0 Å². The maximum absolute atomic E-state index is 13.3. The topological polar surface area (TPSA) is 77.0 Å². The Labute approximate surface area is 123 Å². The van der Waals surface area contributed by atoms with Gasteiger partial charge in [0.1, 0.15) is 11.9 Å². The molecule has 2 aliphatic carbocycles. The summed E-state index contributed by atoms with van der Waals surface area (Å²) in [6.07, 6.45) is -0.658. The second-order valence-corrected chi connectivity index (χ2v) is 4.69. The fourth-order valence-electron chi connectivity index (χ4n) is 2.16. The van der Waals surface area contributed by atoms with Gasteiger partial charge in [-0.1, -0.05) is 5.73 Å². The van der Waals surface area contributed by atoms with Crippen LogP contribution in [0.25, 0.3) is 0 Å². The van der Waals surface area contributed by atoms with Crippen molar-refractivity contribution in [3.63, 3.8) is 0 Å². The zero-order valence-corrected chi connectivity index (χ0v) is 10.9. The molecule has 106 valence electrons. The number of aliphatic hydroxyl groups is 1. The van der Waals surface area contributed by atoms with Crippen LogP contribution in [0, 0.1) is 22.7 Å². The first-order valence-electron chi connectivity index (χ1n) is 6.13. The van der Waals surface area contributed by atoms with Gasteiger partial charge in [-0.3, -0.25) is 0 Å². The van der Waals surface area contributed by atoms with Crippen LogP contribution in [0.4, 0.5) is 8.78 Å². The van der Waals surface area contributed by atoms with E-state index in [2.05, 4.69) is 11.5 Å². The van der Waals surface area contributed by atoms with Crippen molar-refractivity contribution < 1.29 is 18.6 Å². The molecule has 0 bridgehead atoms. The molecule has 6 heteroatoms. The lowest BCUT2D eigenvalue weighted by Crippen LogP contribution is -2.49. The third-order valence-electron chi connectivity index (χ3n) is 3.25. The van der Waals surface area contributed by atoms with Gasteiger partial charge in [-0.15, -0.1) is 0 Å². The summed E-state index contributed by atoms with van der Waals surface area (Å²) in [6.45, 7) is 0. The van der Waals surface area contributed by atoms with E-state index < -0.39 is 17.6 Å². The van der Waals surface area contributed by atoms with Crippen molar-refractivity contribution in [1.29, 1.82) is 10.5 Å². The van der Waals surface area contributed by atoms with Crippen molar-refractivity contribution in [2.75, 3.05) is 0 Å². The molecule has 0 aliphatic heterocycles. The maximum Gasteiger partial charge on any atom is 0.310 e. The number of hydrogen-bond donors (Lipinski definition) is 1. The van der Waals surface area contributed by atoms with Crippen molar-refractivity contribution in [2.24, 2.45) is 0 Å². The first-order chi connectivity index (χ1) is 10.5. The fourth-order valence-corrected chi connectivity index (χ4v) is 2.16. The number of rotatable bonds is 2. The van der Waals surface area contributed by atoms with E-state index in [1.165, 1.54) is 24.3 Å². The van der Waals surface area contributed by atoms with E-state index in [0.717, 1.165) is 0 Å². The number of alkyl halides is 2. The summed E-state index contributed by atoms with van der Waals surface area (Å²) in [5.41, 5.74) is 4.76. The fraction of sp³-hybridized carbons (Fsp3) is 0.125. The molecule has 0 saturated heterocycles. The smallest absolute Gasteiger partial charge is 0.310 e. The van der Waals surface area contributed by atoms with Crippen LogP contribution in [0.5, 0.6) is 5.75 Å². The van der Waals surface area contributed by atoms with E-state index in [1.54, 1.807) is 0 Å². The highest BCUT2D eigenvalue weighted by molar-refractivity contribution is 5.56. The molecule has 1 atom stereocenters. The molecule has 2 aliphatic rings. The minimum atomic E-state index is -3.32. The van der Waals surface area contributed by atoms with E-state index in [-0.39, 0.29) is 28.2 Å². The number of hydrogen-bond acceptors (Lipinski definition) is 4. The van der Waals surface area contributed by atoms with Gasteiger partial charge in [0, 0.05) is 5.57 Å². The normalized spacial score (nSPS) is 20.4. The van der Waals surface area contributed by atoms with Gasteiger partial charge < -0.3 is 9.84 Å². The number of allylic oxidation sites excluding steroid dienone is 1. The van der Waals surface area contributed by atoms with Crippen LogP contribution in [0.2, 0.25) is 0 Å². The summed E-state index contributed by atoms with van der Waals surface area (Å²) in [5.74, 6) is -3.06. The van der Waals surface area contributed by atoms with E-state index in [1.807, 2.05) is 12.1 Å². The van der Waals surface area contributed by atoms with Crippen LogP contribution in [0.15, 0.2) is 52.6 Å². The molecule has 3 rings (SSSR count). The lowest BCUT2D eigenvalue weighted by Gasteiger charge is -2.37. The number of halogens is 2. The monoisotopic (exact) mass is 296 g/mol. The van der Waals surface area contributed by atoms with Gasteiger partial charge in [0.15, 0.2) is 5.76 Å². The molecule has 1 saturated carbocycles. The van der Waals surface area contributed by atoms with Gasteiger partial charge in [0.25, 0.3) is 0 Å². The molecule has 1 N–H and O–H groups in total. The molecule has 1 aromatic carbocycles. The standard InChI is InChI=1S/C16H6F2N2O2/c17-16(18)14-2-1-11(6-13(14)15(16)21)22-12-4-9(7-19)3-10(5-12)8-20/h3-6,15,21H. The Morgan fingerprint density at radius 2 is 1.77 bits per heavy atom. The van der Waals surface area contributed by atoms with Crippen molar-refractivity contribution in [1.82, 2.24) is 0 Å². The summed E-state index contributed by atoms with van der Waals surface area (Å²) in [7, 11) is 0. The van der Waals surface area contributed by atoms with Gasteiger partial charge in [-0.2, -0.15) is 19.3 Å². The highest BCUT2D eigenvalue weighted by Gasteiger charge is 2.57. The Balaban J connectivity index is 1.97. The highest BCUT2D eigenvalue weighted by atomic mass is 19.3. The summed E-state index contributed by atoms with van der Waals surface area (Å²) in [4.78, 5) is 0. The average Bonchev–Trinajstić information content (AvgIpc) is 2.53. The van der Waals surface area contributed by atoms with Gasteiger partial charge in [-0.25, -0.2) is 0 Å². The largest absolute Gasteiger partial charge is 0.448 e. The molecule has 4 nitrogen and oxygen atoms in total. The summed E-state index contributed by atoms with van der Waals surface area (Å²) in [6, 6.07) is 7.98. The zero-order valence-electron chi connectivity index (χ0n) is 10.9. The van der Waals surface area contributed by atoms with Gasteiger partial charge in [0.05, 0.1) is 28.8 Å². The lowest BCUT2D eigenvalue weighted by atomic mass is 9.77. The Bertz CT molecular complexity index is 871. The van der Waals surface area contributed by atoms with Crippen molar-refractivity contribution >= 4 is 0 Å². The number of nitriles is 2. The molecule has 1 fully saturated rings. The molecule has 1 unspecified atom stereocenters. The van der Waals surface area contributed by atoms with Crippen molar-refractivity contribution in [3.05, 3.63) is 63.8 Å². The van der Waals surface area contributed by atoms with Crippen LogP contribution in [0.3, 0.4) is 0 Å². The minimum Gasteiger partial charge on any atom is -0.448 e. The predicted octanol–water partition coefficient (Wildman–Crippen LogP) is 2.32. The van der Waals surface area contributed by atoms with Gasteiger partial charge in [0.2, 0.25) is 0 Å². The van der Waals surface area contributed by atoms with Crippen LogP contribution in [0.1, 0.15) is 11.1 Å². The van der Waals surface area contributed by atoms with E-state index >= 15 is 0 Å². The molecule has 1 aromatic rings. The number of benzene rings is 1. The van der Waals surface area contributed by atoms with E-state index in [4.69, 9.17) is 15.3 Å². The molecule has 0 heterocycles. The Morgan fingerprint density at radius 1 is 1.14 bits per heavy atom. The quantitative estimate of drug-likeness (QED) is 0.850. The van der Waals surface area contributed by atoms with Crippen LogP contribution in [-0.2, 0) is 0 Å². The average molecular weight is 296 g/mol. The maximum atomic E-state index is 13.3. The van der Waals surface area contributed by atoms with Crippen LogP contribution in [-0.4, -0.2) is 17.1 Å². The van der Waals surface area contributed by atoms with Crippen LogP contribution < -0.4 is 4.74 Å². The summed E-state index contributed by atoms with van der Waals surface area (Å²) >= 11 is 0. The van der Waals surface area contributed by atoms with Crippen LogP contribution >= 0.6 is 0 Å². The Hall–Kier alpha value is -3.14. The molecule has 0 amide bonds. The molecule has 22 heavy (non-hydrogen) atoms. The molecule has 0 spiro atoms. The third kappa shape index (κ3) is 2.02. The number of ether oxygens (including phenoxy) is 1. The number of fused-ring (bicyclic) bond motifs is 1. The summed E-state index contributed by atoms with van der Waals surface area (Å²) in [5, 5.41) is 27.1. The predicted molar refractivity (Wildman–Crippen MR) is 69.6 cm³/mol. The number of nitrogens with zero attached hydrogens (tertiary/aromatic N) is 2.